The summed E-state index contributed by atoms with van der Waals surface area (Å²) in [5.74, 6) is 0.209. The van der Waals surface area contributed by atoms with Gasteiger partial charge in [-0.1, -0.05) is 18.2 Å². The molecular weight excluding hydrogens is 200 g/mol. The van der Waals surface area contributed by atoms with Crippen LogP contribution in [0.25, 0.3) is 0 Å². The van der Waals surface area contributed by atoms with Gasteiger partial charge in [-0.05, 0) is 25.0 Å². The molecule has 0 aliphatic carbocycles. The van der Waals surface area contributed by atoms with Crippen LogP contribution >= 0.6 is 0 Å². The molecule has 0 spiro atoms. The van der Waals surface area contributed by atoms with Crippen molar-refractivity contribution in [2.24, 2.45) is 0 Å². The Bertz CT molecular complexity index is 430. The maximum atomic E-state index is 12.3. The minimum Gasteiger partial charge on any atom is -0.332 e. The van der Waals surface area contributed by atoms with Crippen LogP contribution in [0.5, 0.6) is 0 Å². The van der Waals surface area contributed by atoms with Gasteiger partial charge in [-0.2, -0.15) is 0 Å². The highest BCUT2D eigenvalue weighted by Gasteiger charge is 2.35. The van der Waals surface area contributed by atoms with E-state index in [2.05, 4.69) is 18.3 Å². The summed E-state index contributed by atoms with van der Waals surface area (Å²) in [7, 11) is 0. The van der Waals surface area contributed by atoms with Crippen LogP contribution in [-0.4, -0.2) is 36.0 Å². The number of carbonyl (C=O) groups excluding carboxylic acids is 1. The quantitative estimate of drug-likeness (QED) is 0.703. The second-order valence-electron chi connectivity index (χ2n) is 4.78. The minimum atomic E-state index is 0.209. The number of hydrogen-bond donors (Lipinski definition) is 1. The molecule has 1 amide bonds. The lowest BCUT2D eigenvalue weighted by Crippen LogP contribution is -2.59. The minimum absolute atomic E-state index is 0.209. The molecule has 1 aromatic rings. The maximum Gasteiger partial charge on any atom is 0.254 e. The van der Waals surface area contributed by atoms with Gasteiger partial charge in [-0.25, -0.2) is 0 Å². The summed E-state index contributed by atoms with van der Waals surface area (Å²) in [4.78, 5) is 14.3. The largest absolute Gasteiger partial charge is 0.332 e. The van der Waals surface area contributed by atoms with Crippen LogP contribution in [0.15, 0.2) is 24.3 Å². The van der Waals surface area contributed by atoms with Crippen LogP contribution in [0.2, 0.25) is 0 Å². The van der Waals surface area contributed by atoms with Crippen molar-refractivity contribution in [1.82, 2.24) is 10.2 Å². The number of nitrogens with one attached hydrogen (secondary N) is 1. The van der Waals surface area contributed by atoms with Gasteiger partial charge < -0.3 is 10.2 Å². The number of carbonyl (C=O) groups is 1. The highest BCUT2D eigenvalue weighted by Crippen LogP contribution is 2.24. The van der Waals surface area contributed by atoms with Crippen LogP contribution in [0, 0.1) is 0 Å². The second kappa shape index (κ2) is 3.59. The molecule has 0 bridgehead atoms. The molecule has 2 aliphatic rings. The molecular formula is C13H16N2O. The van der Waals surface area contributed by atoms with E-state index >= 15 is 0 Å². The first-order valence-electron chi connectivity index (χ1n) is 5.88. The fraction of sp³-hybridized carbons (Fsp3) is 0.462. The van der Waals surface area contributed by atoms with E-state index in [1.807, 2.05) is 23.1 Å². The van der Waals surface area contributed by atoms with Crippen molar-refractivity contribution in [3.05, 3.63) is 35.4 Å². The van der Waals surface area contributed by atoms with E-state index in [1.54, 1.807) is 0 Å². The molecule has 0 unspecified atom stereocenters. The first-order chi connectivity index (χ1) is 7.75. The Hall–Kier alpha value is -1.35. The SMILES string of the molecule is C[C@H]1CN2C(=O)c3ccccc3C[C@@H]2CN1. The molecule has 3 rings (SSSR count). The summed E-state index contributed by atoms with van der Waals surface area (Å²) in [6.45, 7) is 3.88. The lowest BCUT2D eigenvalue weighted by molar-refractivity contribution is 0.0562. The Labute approximate surface area is 95.4 Å². The van der Waals surface area contributed by atoms with Gasteiger partial charge in [0.1, 0.15) is 0 Å². The molecule has 1 N–H and O–H groups in total. The first-order valence-corrected chi connectivity index (χ1v) is 5.88. The third kappa shape index (κ3) is 1.43. The predicted molar refractivity (Wildman–Crippen MR) is 62.4 cm³/mol. The van der Waals surface area contributed by atoms with Gasteiger partial charge in [-0.3, -0.25) is 4.79 Å². The van der Waals surface area contributed by atoms with E-state index < -0.39 is 0 Å². The standard InChI is InChI=1S/C13H16N2O/c1-9-8-15-11(7-14-9)6-10-4-2-3-5-12(10)13(15)16/h2-5,9,11,14H,6-8H2,1H3/t9-,11+/m0/s1. The Balaban J connectivity index is 1.98. The van der Waals surface area contributed by atoms with Gasteiger partial charge in [-0.15, -0.1) is 0 Å². The summed E-state index contributed by atoms with van der Waals surface area (Å²) < 4.78 is 0. The predicted octanol–water partition coefficient (Wildman–Crippen LogP) is 1.05. The second-order valence-corrected chi connectivity index (χ2v) is 4.78. The number of amides is 1. The van der Waals surface area contributed by atoms with Gasteiger partial charge in [0.25, 0.3) is 5.91 Å². The van der Waals surface area contributed by atoms with E-state index in [0.717, 1.165) is 25.1 Å². The number of benzene rings is 1. The molecule has 1 saturated heterocycles. The monoisotopic (exact) mass is 216 g/mol. The lowest BCUT2D eigenvalue weighted by atomic mass is 9.91. The Kier molecular flexibility index (Phi) is 2.21. The van der Waals surface area contributed by atoms with Crippen LogP contribution in [-0.2, 0) is 6.42 Å². The van der Waals surface area contributed by atoms with Crippen molar-refractivity contribution in [2.75, 3.05) is 13.1 Å². The Morgan fingerprint density at radius 1 is 1.38 bits per heavy atom. The molecule has 2 aliphatic heterocycles. The fourth-order valence-electron chi connectivity index (χ4n) is 2.70. The third-order valence-electron chi connectivity index (χ3n) is 3.58. The molecule has 2 heterocycles. The Morgan fingerprint density at radius 3 is 3.06 bits per heavy atom. The highest BCUT2D eigenvalue weighted by atomic mass is 16.2. The number of piperazine rings is 1. The normalized spacial score (nSPS) is 28.6. The topological polar surface area (TPSA) is 32.3 Å². The first kappa shape index (κ1) is 9.85. The van der Waals surface area contributed by atoms with Crippen molar-refractivity contribution in [3.8, 4) is 0 Å². The van der Waals surface area contributed by atoms with Gasteiger partial charge in [0.15, 0.2) is 0 Å². The van der Waals surface area contributed by atoms with Crippen molar-refractivity contribution in [1.29, 1.82) is 0 Å². The molecule has 3 heteroatoms. The number of nitrogens with zero attached hydrogens (tertiary/aromatic N) is 1. The average Bonchev–Trinajstić information content (AvgIpc) is 2.31. The molecule has 1 fully saturated rings. The van der Waals surface area contributed by atoms with Crippen LogP contribution in [0.4, 0.5) is 0 Å². The van der Waals surface area contributed by atoms with E-state index in [4.69, 9.17) is 0 Å². The molecule has 84 valence electrons. The molecule has 0 aromatic heterocycles. The molecule has 3 nitrogen and oxygen atoms in total. The van der Waals surface area contributed by atoms with Gasteiger partial charge in [0.05, 0.1) is 0 Å². The smallest absolute Gasteiger partial charge is 0.254 e. The van der Waals surface area contributed by atoms with Crippen LogP contribution in [0.1, 0.15) is 22.8 Å². The van der Waals surface area contributed by atoms with E-state index in [0.29, 0.717) is 12.1 Å². The molecule has 1 aromatic carbocycles. The van der Waals surface area contributed by atoms with E-state index in [-0.39, 0.29) is 5.91 Å². The van der Waals surface area contributed by atoms with Crippen LogP contribution < -0.4 is 5.32 Å². The van der Waals surface area contributed by atoms with Gasteiger partial charge in [0.2, 0.25) is 0 Å². The molecule has 16 heavy (non-hydrogen) atoms. The number of rotatable bonds is 0. The Morgan fingerprint density at radius 2 is 2.19 bits per heavy atom. The molecule has 0 saturated carbocycles. The van der Waals surface area contributed by atoms with E-state index in [9.17, 15) is 4.79 Å². The average molecular weight is 216 g/mol. The summed E-state index contributed by atoms with van der Waals surface area (Å²) in [5.41, 5.74) is 2.10. The van der Waals surface area contributed by atoms with Crippen molar-refractivity contribution >= 4 is 5.91 Å². The third-order valence-corrected chi connectivity index (χ3v) is 3.58. The zero-order chi connectivity index (χ0) is 11.1. The zero-order valence-electron chi connectivity index (χ0n) is 9.44. The molecule has 0 radical (unpaired) electrons. The summed E-state index contributed by atoms with van der Waals surface area (Å²) in [6.07, 6.45) is 0.988. The maximum absolute atomic E-state index is 12.3. The summed E-state index contributed by atoms with van der Waals surface area (Å²) in [5, 5.41) is 3.44. The zero-order valence-corrected chi connectivity index (χ0v) is 9.44. The van der Waals surface area contributed by atoms with Crippen molar-refractivity contribution in [2.45, 2.75) is 25.4 Å². The fourth-order valence-corrected chi connectivity index (χ4v) is 2.70. The number of hydrogen-bond acceptors (Lipinski definition) is 2. The van der Waals surface area contributed by atoms with Gasteiger partial charge >= 0.3 is 0 Å². The van der Waals surface area contributed by atoms with Crippen molar-refractivity contribution < 1.29 is 4.79 Å². The van der Waals surface area contributed by atoms with E-state index in [1.165, 1.54) is 5.56 Å². The van der Waals surface area contributed by atoms with Gasteiger partial charge in [0, 0.05) is 30.7 Å². The van der Waals surface area contributed by atoms with Crippen molar-refractivity contribution in [3.63, 3.8) is 0 Å². The number of fused-ring (bicyclic) bond motifs is 2. The van der Waals surface area contributed by atoms with Crippen LogP contribution in [0.3, 0.4) is 0 Å². The molecule has 2 atom stereocenters. The highest BCUT2D eigenvalue weighted by molar-refractivity contribution is 5.97. The lowest BCUT2D eigenvalue weighted by Gasteiger charge is -2.42. The summed E-state index contributed by atoms with van der Waals surface area (Å²) in [6, 6.07) is 8.73. The summed E-state index contributed by atoms with van der Waals surface area (Å²) >= 11 is 0.